The third-order valence-electron chi connectivity index (χ3n) is 6.17. The van der Waals surface area contributed by atoms with Gasteiger partial charge in [-0.25, -0.2) is 0 Å². The van der Waals surface area contributed by atoms with E-state index < -0.39 is 30.7 Å². The SMILES string of the molecule is C#C/C=C(Cl)\C=C/C[C@H]1[C@H](C(=O)NCCc2ccccn2)c2ccccc2C(=O)N1[C@@H](CO)[C@H](C)O. The number of carbonyl (C=O) groups is 2. The van der Waals surface area contributed by atoms with Crippen LogP contribution in [0.5, 0.6) is 0 Å². The lowest BCUT2D eigenvalue weighted by Gasteiger charge is -2.45. The Kier molecular flexibility index (Phi) is 9.83. The molecule has 7 nitrogen and oxygen atoms in total. The van der Waals surface area contributed by atoms with Crippen LogP contribution in [-0.4, -0.2) is 63.3 Å². The Balaban J connectivity index is 1.98. The molecule has 0 radical (unpaired) electrons. The van der Waals surface area contributed by atoms with Crippen molar-refractivity contribution < 1.29 is 19.8 Å². The van der Waals surface area contributed by atoms with E-state index >= 15 is 0 Å². The van der Waals surface area contributed by atoms with Crippen molar-refractivity contribution in [1.29, 1.82) is 0 Å². The van der Waals surface area contributed by atoms with E-state index in [1.165, 1.54) is 17.9 Å². The first-order valence-corrected chi connectivity index (χ1v) is 12.1. The number of fused-ring (bicyclic) bond motifs is 1. The molecule has 4 atom stereocenters. The van der Waals surface area contributed by atoms with E-state index in [2.05, 4.69) is 16.2 Å². The summed E-state index contributed by atoms with van der Waals surface area (Å²) >= 11 is 6.10. The van der Waals surface area contributed by atoms with Crippen LogP contribution in [0.25, 0.3) is 0 Å². The molecular formula is C28H30ClN3O4. The van der Waals surface area contributed by atoms with Gasteiger partial charge in [-0.1, -0.05) is 47.9 Å². The second-order valence-electron chi connectivity index (χ2n) is 8.53. The van der Waals surface area contributed by atoms with Gasteiger partial charge >= 0.3 is 0 Å². The molecule has 188 valence electrons. The summed E-state index contributed by atoms with van der Waals surface area (Å²) in [4.78, 5) is 32.9. The topological polar surface area (TPSA) is 103 Å². The number of pyridine rings is 1. The molecule has 1 aromatic heterocycles. The van der Waals surface area contributed by atoms with E-state index in [1.807, 2.05) is 18.2 Å². The van der Waals surface area contributed by atoms with E-state index in [0.29, 0.717) is 29.1 Å². The second-order valence-corrected chi connectivity index (χ2v) is 8.97. The minimum absolute atomic E-state index is 0.246. The fraction of sp³-hybridized carbons (Fsp3) is 0.321. The maximum absolute atomic E-state index is 13.6. The van der Waals surface area contributed by atoms with Gasteiger partial charge in [-0.15, -0.1) is 6.42 Å². The summed E-state index contributed by atoms with van der Waals surface area (Å²) in [5.74, 6) is 0.988. The molecule has 1 aliphatic heterocycles. The number of carbonyl (C=O) groups excluding carboxylic acids is 2. The van der Waals surface area contributed by atoms with Gasteiger partial charge in [0.25, 0.3) is 5.91 Å². The highest BCUT2D eigenvalue weighted by Crippen LogP contribution is 2.37. The van der Waals surface area contributed by atoms with Crippen molar-refractivity contribution >= 4 is 23.4 Å². The second kappa shape index (κ2) is 13.0. The molecule has 1 aromatic carbocycles. The normalized spacial score (nSPS) is 19.5. The van der Waals surface area contributed by atoms with Gasteiger partial charge in [-0.05, 0) is 43.2 Å². The molecule has 2 aromatic rings. The van der Waals surface area contributed by atoms with Gasteiger partial charge in [0, 0.05) is 41.5 Å². The minimum atomic E-state index is -1.02. The van der Waals surface area contributed by atoms with Gasteiger partial charge in [0.05, 0.1) is 30.7 Å². The van der Waals surface area contributed by atoms with Gasteiger partial charge in [0.15, 0.2) is 0 Å². The molecule has 3 rings (SSSR count). The van der Waals surface area contributed by atoms with Crippen LogP contribution < -0.4 is 5.32 Å². The lowest BCUT2D eigenvalue weighted by atomic mass is 9.79. The number of aliphatic hydroxyl groups is 2. The smallest absolute Gasteiger partial charge is 0.254 e. The number of hydrogen-bond acceptors (Lipinski definition) is 5. The monoisotopic (exact) mass is 507 g/mol. The number of rotatable bonds is 10. The Bertz CT molecular complexity index is 1160. The van der Waals surface area contributed by atoms with Crippen LogP contribution in [0.2, 0.25) is 0 Å². The predicted octanol–water partition coefficient (Wildman–Crippen LogP) is 2.79. The minimum Gasteiger partial charge on any atom is -0.394 e. The lowest BCUT2D eigenvalue weighted by molar-refractivity contribution is -0.124. The number of aromatic nitrogens is 1. The third kappa shape index (κ3) is 6.41. The molecule has 0 fully saturated rings. The molecule has 0 aliphatic carbocycles. The van der Waals surface area contributed by atoms with Crippen LogP contribution in [0.3, 0.4) is 0 Å². The Labute approximate surface area is 216 Å². The zero-order valence-electron chi connectivity index (χ0n) is 20.0. The summed E-state index contributed by atoms with van der Waals surface area (Å²) in [5, 5.41) is 23.8. The van der Waals surface area contributed by atoms with E-state index in [-0.39, 0.29) is 18.2 Å². The van der Waals surface area contributed by atoms with Gasteiger partial charge < -0.3 is 20.4 Å². The first-order valence-electron chi connectivity index (χ1n) is 11.8. The fourth-order valence-corrected chi connectivity index (χ4v) is 4.63. The number of amides is 2. The summed E-state index contributed by atoms with van der Waals surface area (Å²) in [6.45, 7) is 1.41. The Morgan fingerprint density at radius 2 is 2.06 bits per heavy atom. The molecule has 8 heteroatoms. The van der Waals surface area contributed by atoms with Gasteiger partial charge in [-0.3, -0.25) is 14.6 Å². The van der Waals surface area contributed by atoms with E-state index in [0.717, 1.165) is 5.69 Å². The molecule has 2 heterocycles. The number of hydrogen-bond donors (Lipinski definition) is 3. The first-order chi connectivity index (χ1) is 17.4. The maximum Gasteiger partial charge on any atom is 0.254 e. The van der Waals surface area contributed by atoms with Crippen molar-refractivity contribution in [2.24, 2.45) is 0 Å². The van der Waals surface area contributed by atoms with E-state index in [4.69, 9.17) is 18.0 Å². The van der Waals surface area contributed by atoms with Crippen molar-refractivity contribution in [3.05, 3.63) is 88.7 Å². The van der Waals surface area contributed by atoms with Crippen LogP contribution in [0.15, 0.2) is 71.9 Å². The average Bonchev–Trinajstić information content (AvgIpc) is 2.87. The molecule has 0 bridgehead atoms. The van der Waals surface area contributed by atoms with E-state index in [9.17, 15) is 19.8 Å². The van der Waals surface area contributed by atoms with Crippen molar-refractivity contribution in [2.75, 3.05) is 13.2 Å². The molecule has 0 saturated heterocycles. The lowest BCUT2D eigenvalue weighted by Crippen LogP contribution is -2.59. The molecule has 3 N–H and O–H groups in total. The number of halogens is 1. The fourth-order valence-electron chi connectivity index (χ4n) is 4.47. The summed E-state index contributed by atoms with van der Waals surface area (Å²) in [6, 6.07) is 11.0. The Hall–Kier alpha value is -3.44. The Morgan fingerprint density at radius 1 is 1.31 bits per heavy atom. The number of benzene rings is 1. The predicted molar refractivity (Wildman–Crippen MR) is 139 cm³/mol. The van der Waals surface area contributed by atoms with Crippen LogP contribution in [0, 0.1) is 12.3 Å². The molecule has 36 heavy (non-hydrogen) atoms. The number of terminal acetylenes is 1. The summed E-state index contributed by atoms with van der Waals surface area (Å²) in [6.07, 6.45) is 11.5. The van der Waals surface area contributed by atoms with Gasteiger partial charge in [-0.2, -0.15) is 0 Å². The van der Waals surface area contributed by atoms with Crippen molar-refractivity contribution in [1.82, 2.24) is 15.2 Å². The van der Waals surface area contributed by atoms with E-state index in [1.54, 1.807) is 42.6 Å². The highest BCUT2D eigenvalue weighted by Gasteiger charge is 2.46. The number of allylic oxidation sites excluding steroid dienone is 3. The molecular weight excluding hydrogens is 478 g/mol. The van der Waals surface area contributed by atoms with Gasteiger partial charge in [0.2, 0.25) is 5.91 Å². The average molecular weight is 508 g/mol. The van der Waals surface area contributed by atoms with Crippen molar-refractivity contribution in [3.63, 3.8) is 0 Å². The zero-order valence-corrected chi connectivity index (χ0v) is 20.8. The summed E-state index contributed by atoms with van der Waals surface area (Å²) in [7, 11) is 0. The van der Waals surface area contributed by atoms with Crippen LogP contribution in [0.4, 0.5) is 0 Å². The third-order valence-corrected chi connectivity index (χ3v) is 6.40. The number of nitrogens with one attached hydrogen (secondary N) is 1. The molecule has 0 spiro atoms. The first kappa shape index (κ1) is 27.2. The zero-order chi connectivity index (χ0) is 26.1. The Morgan fingerprint density at radius 3 is 2.72 bits per heavy atom. The molecule has 0 saturated carbocycles. The van der Waals surface area contributed by atoms with Gasteiger partial charge in [0.1, 0.15) is 0 Å². The largest absolute Gasteiger partial charge is 0.394 e. The number of nitrogens with zero attached hydrogens (tertiary/aromatic N) is 2. The molecule has 1 aliphatic rings. The van der Waals surface area contributed by atoms with Crippen LogP contribution in [-0.2, 0) is 11.2 Å². The number of aliphatic hydroxyl groups excluding tert-OH is 2. The quantitative estimate of drug-likeness (QED) is 0.339. The van der Waals surface area contributed by atoms with Crippen molar-refractivity contribution in [2.45, 2.75) is 43.9 Å². The molecule has 2 amide bonds. The standard InChI is InChI=1S/C28H30ClN3O4/c1-3-9-20(29)10-8-14-24-26(27(35)31-17-15-21-11-6-7-16-30-21)22-12-4-5-13-23(22)28(36)32(24)25(18-33)19(2)34/h1,4-13,16,19,24-26,33-34H,14-15,17-18H2,2H3,(H,31,35)/b10-8-,20-9+/t19-,24-,25-,26+/m0/s1. The van der Waals surface area contributed by atoms with Crippen molar-refractivity contribution in [3.8, 4) is 12.3 Å². The van der Waals surface area contributed by atoms with Crippen LogP contribution >= 0.6 is 11.6 Å². The summed E-state index contributed by atoms with van der Waals surface area (Å²) in [5.41, 5.74) is 1.81. The summed E-state index contributed by atoms with van der Waals surface area (Å²) < 4.78 is 0. The maximum atomic E-state index is 13.6. The highest BCUT2D eigenvalue weighted by molar-refractivity contribution is 6.31. The highest BCUT2D eigenvalue weighted by atomic mass is 35.5. The molecule has 0 unspecified atom stereocenters. The van der Waals surface area contributed by atoms with Crippen LogP contribution in [0.1, 0.15) is 40.9 Å².